The molecule has 0 bridgehead atoms. The molecule has 1 fully saturated rings. The molecule has 1 saturated heterocycles. The number of carbonyl (C=O) groups excluding carboxylic acids is 2. The van der Waals surface area contributed by atoms with E-state index in [4.69, 9.17) is 22.1 Å². The summed E-state index contributed by atoms with van der Waals surface area (Å²) in [5.41, 5.74) is 7.23. The third-order valence-corrected chi connectivity index (χ3v) is 4.59. The molecule has 3 amide bonds. The van der Waals surface area contributed by atoms with Crippen molar-refractivity contribution >= 4 is 29.2 Å². The monoisotopic (exact) mass is 418 g/mol. The summed E-state index contributed by atoms with van der Waals surface area (Å²) in [6.45, 7) is 2.05. The maximum absolute atomic E-state index is 11.7. The number of halogens is 1. The first-order chi connectivity index (χ1) is 14.0. The van der Waals surface area contributed by atoms with Gasteiger partial charge in [-0.3, -0.25) is 4.79 Å². The predicted molar refractivity (Wildman–Crippen MR) is 115 cm³/mol. The first-order valence-corrected chi connectivity index (χ1v) is 9.79. The minimum Gasteiger partial charge on any atom is -0.497 e. The van der Waals surface area contributed by atoms with Gasteiger partial charge in [-0.2, -0.15) is 0 Å². The van der Waals surface area contributed by atoms with Crippen LogP contribution in [0, 0.1) is 0 Å². The topological polar surface area (TPSA) is 96.7 Å². The maximum Gasteiger partial charge on any atom is 0.315 e. The van der Waals surface area contributed by atoms with Crippen LogP contribution in [-0.4, -0.2) is 43.6 Å². The number of nitrogens with zero attached hydrogens (tertiary/aromatic N) is 1. The van der Waals surface area contributed by atoms with Gasteiger partial charge in [-0.15, -0.1) is 0 Å². The van der Waals surface area contributed by atoms with Crippen molar-refractivity contribution in [3.63, 3.8) is 0 Å². The lowest BCUT2D eigenvalue weighted by Crippen LogP contribution is -2.42. The zero-order chi connectivity index (χ0) is 21.1. The van der Waals surface area contributed by atoms with E-state index in [1.165, 1.54) is 0 Å². The molecule has 1 aliphatic heterocycles. The zero-order valence-corrected chi connectivity index (χ0v) is 17.2. The first kappa shape index (κ1) is 22.4. The number of nitrogens with one attached hydrogen (secondary N) is 2. The number of likely N-dealkylation sites (tertiary alicyclic amines) is 1. The van der Waals surface area contributed by atoms with E-state index in [9.17, 15) is 9.59 Å². The van der Waals surface area contributed by atoms with Gasteiger partial charge in [0.05, 0.1) is 13.7 Å². The van der Waals surface area contributed by atoms with Gasteiger partial charge in [-0.1, -0.05) is 23.7 Å². The number of nitrogen functional groups attached to an aromatic ring is 1. The summed E-state index contributed by atoms with van der Waals surface area (Å²) in [7, 11) is 1.63. The molecule has 0 unspecified atom stereocenters. The maximum atomic E-state index is 11.7. The Bertz CT molecular complexity index is 776. The molecule has 3 rings (SSSR count). The molecular weight excluding hydrogens is 392 g/mol. The van der Waals surface area contributed by atoms with E-state index in [0.29, 0.717) is 12.2 Å². The standard InChI is InChI=1S/C14H20N4O2.C7H7ClO/c15-12-5-3-11(4-6-12)9-16-14(20)17-10-13(19)18-7-1-2-8-18;1-9-7-4-2-6(8)3-5-7/h3-6H,1-2,7-10,15H2,(H2,16,17,20);2-5H,1H3. The Hall–Kier alpha value is -2.93. The minimum absolute atomic E-state index is 0.0230. The fourth-order valence-electron chi connectivity index (χ4n) is 2.69. The third kappa shape index (κ3) is 8.31. The molecule has 0 spiro atoms. The molecule has 2 aromatic carbocycles. The van der Waals surface area contributed by atoms with Gasteiger partial charge in [0, 0.05) is 30.3 Å². The summed E-state index contributed by atoms with van der Waals surface area (Å²) in [5, 5.41) is 6.01. The van der Waals surface area contributed by atoms with Crippen LogP contribution in [0.1, 0.15) is 18.4 Å². The number of methoxy groups -OCH3 is 1. The summed E-state index contributed by atoms with van der Waals surface area (Å²) < 4.78 is 4.91. The van der Waals surface area contributed by atoms with Gasteiger partial charge in [0.1, 0.15) is 5.75 Å². The fraction of sp³-hybridized carbons (Fsp3) is 0.333. The van der Waals surface area contributed by atoms with Gasteiger partial charge in [-0.05, 0) is 54.8 Å². The number of urea groups is 1. The summed E-state index contributed by atoms with van der Waals surface area (Å²) in [6.07, 6.45) is 2.10. The number of amides is 3. The Labute approximate surface area is 176 Å². The quantitative estimate of drug-likeness (QED) is 0.650. The SMILES string of the molecule is COc1ccc(Cl)cc1.Nc1ccc(CNC(=O)NCC(=O)N2CCCC2)cc1. The van der Waals surface area contributed by atoms with Crippen LogP contribution in [0.15, 0.2) is 48.5 Å². The van der Waals surface area contributed by atoms with Gasteiger partial charge in [0.25, 0.3) is 0 Å². The van der Waals surface area contributed by atoms with E-state index in [-0.39, 0.29) is 18.5 Å². The van der Waals surface area contributed by atoms with Crippen molar-refractivity contribution in [1.29, 1.82) is 0 Å². The number of ether oxygens (including phenoxy) is 1. The Morgan fingerprint density at radius 3 is 2.24 bits per heavy atom. The third-order valence-electron chi connectivity index (χ3n) is 4.34. The van der Waals surface area contributed by atoms with Crippen LogP contribution in [0.5, 0.6) is 5.75 Å². The number of rotatable bonds is 5. The van der Waals surface area contributed by atoms with E-state index in [1.54, 1.807) is 36.3 Å². The Morgan fingerprint density at radius 1 is 1.03 bits per heavy atom. The highest BCUT2D eigenvalue weighted by Gasteiger charge is 2.17. The summed E-state index contributed by atoms with van der Waals surface area (Å²) in [5.74, 6) is 0.810. The molecule has 0 radical (unpaired) electrons. The molecule has 4 N–H and O–H groups in total. The van der Waals surface area contributed by atoms with Crippen LogP contribution < -0.4 is 21.1 Å². The largest absolute Gasteiger partial charge is 0.497 e. The molecule has 0 atom stereocenters. The van der Waals surface area contributed by atoms with E-state index < -0.39 is 0 Å². The highest BCUT2D eigenvalue weighted by molar-refractivity contribution is 6.30. The van der Waals surface area contributed by atoms with Crippen molar-refractivity contribution in [2.24, 2.45) is 0 Å². The van der Waals surface area contributed by atoms with Crippen molar-refractivity contribution in [3.8, 4) is 5.75 Å². The lowest BCUT2D eigenvalue weighted by Gasteiger charge is -2.15. The van der Waals surface area contributed by atoms with Crippen molar-refractivity contribution in [3.05, 3.63) is 59.1 Å². The Morgan fingerprint density at radius 2 is 1.66 bits per heavy atom. The molecule has 7 nitrogen and oxygen atoms in total. The first-order valence-electron chi connectivity index (χ1n) is 9.41. The van der Waals surface area contributed by atoms with E-state index in [0.717, 1.165) is 42.3 Å². The average molecular weight is 419 g/mol. The number of benzene rings is 2. The van der Waals surface area contributed by atoms with Gasteiger partial charge in [0.15, 0.2) is 0 Å². The van der Waals surface area contributed by atoms with Crippen LogP contribution >= 0.6 is 11.6 Å². The normalized spacial score (nSPS) is 12.6. The van der Waals surface area contributed by atoms with E-state index >= 15 is 0 Å². The van der Waals surface area contributed by atoms with Gasteiger partial charge in [0.2, 0.25) is 5.91 Å². The molecule has 2 aromatic rings. The molecule has 29 heavy (non-hydrogen) atoms. The minimum atomic E-state index is -0.339. The number of hydrogen-bond acceptors (Lipinski definition) is 4. The highest BCUT2D eigenvalue weighted by Crippen LogP contribution is 2.14. The van der Waals surface area contributed by atoms with Crippen LogP contribution in [0.4, 0.5) is 10.5 Å². The van der Waals surface area contributed by atoms with Gasteiger partial charge in [-0.25, -0.2) is 4.79 Å². The van der Waals surface area contributed by atoms with Crippen molar-refractivity contribution in [2.75, 3.05) is 32.5 Å². The van der Waals surface area contributed by atoms with E-state index in [2.05, 4.69) is 10.6 Å². The van der Waals surface area contributed by atoms with Crippen molar-refractivity contribution < 1.29 is 14.3 Å². The smallest absolute Gasteiger partial charge is 0.315 e. The predicted octanol–water partition coefficient (Wildman–Crippen LogP) is 3.04. The van der Waals surface area contributed by atoms with Crippen molar-refractivity contribution in [1.82, 2.24) is 15.5 Å². The van der Waals surface area contributed by atoms with Crippen LogP contribution in [0.2, 0.25) is 5.02 Å². The average Bonchev–Trinajstić information content (AvgIpc) is 3.28. The molecule has 156 valence electrons. The van der Waals surface area contributed by atoms with Crippen molar-refractivity contribution in [2.45, 2.75) is 19.4 Å². The molecule has 0 aromatic heterocycles. The van der Waals surface area contributed by atoms with Crippen LogP contribution in [-0.2, 0) is 11.3 Å². The Balaban J connectivity index is 0.000000278. The fourth-order valence-corrected chi connectivity index (χ4v) is 2.81. The Kier molecular flexibility index (Phi) is 9.11. The zero-order valence-electron chi connectivity index (χ0n) is 16.5. The molecule has 0 saturated carbocycles. The number of anilines is 1. The van der Waals surface area contributed by atoms with E-state index in [1.807, 2.05) is 24.3 Å². The second kappa shape index (κ2) is 11.8. The van der Waals surface area contributed by atoms with Crippen LogP contribution in [0.3, 0.4) is 0 Å². The summed E-state index contributed by atoms with van der Waals surface area (Å²) >= 11 is 5.61. The summed E-state index contributed by atoms with van der Waals surface area (Å²) in [6, 6.07) is 14.2. The number of nitrogens with two attached hydrogens (primary N) is 1. The van der Waals surface area contributed by atoms with Gasteiger partial charge < -0.3 is 26.0 Å². The lowest BCUT2D eigenvalue weighted by atomic mass is 10.2. The second-order valence-electron chi connectivity index (χ2n) is 6.52. The number of hydrogen-bond donors (Lipinski definition) is 3. The molecule has 1 heterocycles. The van der Waals surface area contributed by atoms with Crippen LogP contribution in [0.25, 0.3) is 0 Å². The lowest BCUT2D eigenvalue weighted by molar-refractivity contribution is -0.128. The van der Waals surface area contributed by atoms with Gasteiger partial charge >= 0.3 is 6.03 Å². The number of carbonyl (C=O) groups is 2. The molecular formula is C21H27ClN4O3. The highest BCUT2D eigenvalue weighted by atomic mass is 35.5. The second-order valence-corrected chi connectivity index (χ2v) is 6.96. The molecule has 8 heteroatoms. The summed E-state index contributed by atoms with van der Waals surface area (Å²) in [4.78, 5) is 25.1. The molecule has 1 aliphatic rings. The molecule has 0 aliphatic carbocycles.